The van der Waals surface area contributed by atoms with Gasteiger partial charge in [-0.1, -0.05) is 5.16 Å². The number of rotatable bonds is 3. The fourth-order valence-electron chi connectivity index (χ4n) is 4.42. The van der Waals surface area contributed by atoms with E-state index in [1.807, 2.05) is 50.3 Å². The molecule has 0 N–H and O–H groups in total. The highest BCUT2D eigenvalue weighted by molar-refractivity contribution is 6.09. The molecule has 3 aliphatic rings. The summed E-state index contributed by atoms with van der Waals surface area (Å²) >= 11 is 0. The molecular weight excluding hydrogens is 398 g/mol. The Bertz CT molecular complexity index is 1100. The first kappa shape index (κ1) is 19.6. The molecular formula is C24H25NO6. The predicted octanol–water partition coefficient (Wildman–Crippen LogP) is 4.18. The van der Waals surface area contributed by atoms with Crippen LogP contribution in [0.4, 0.5) is 0 Å². The van der Waals surface area contributed by atoms with Crippen LogP contribution in [-0.2, 0) is 4.84 Å². The van der Waals surface area contributed by atoms with Gasteiger partial charge in [0.1, 0.15) is 48.4 Å². The van der Waals surface area contributed by atoms with Crippen LogP contribution in [0.1, 0.15) is 36.5 Å². The zero-order valence-electron chi connectivity index (χ0n) is 18.2. The van der Waals surface area contributed by atoms with Crippen molar-refractivity contribution >= 4 is 11.8 Å². The molecule has 31 heavy (non-hydrogen) atoms. The molecule has 2 aromatic carbocycles. The number of nitrogens with zero attached hydrogens (tertiary/aromatic N) is 1. The maximum absolute atomic E-state index is 6.50. The molecule has 0 bridgehead atoms. The summed E-state index contributed by atoms with van der Waals surface area (Å²) in [5.74, 6) is 3.29. The number of hydrogen-bond acceptors (Lipinski definition) is 7. The van der Waals surface area contributed by atoms with E-state index < -0.39 is 0 Å². The van der Waals surface area contributed by atoms with Crippen LogP contribution in [0.3, 0.4) is 0 Å². The van der Waals surface area contributed by atoms with Gasteiger partial charge in [-0.25, -0.2) is 0 Å². The molecule has 0 aromatic heterocycles. The van der Waals surface area contributed by atoms with Gasteiger partial charge in [-0.15, -0.1) is 0 Å². The van der Waals surface area contributed by atoms with Crippen LogP contribution in [0.2, 0.25) is 0 Å². The number of fused-ring (bicyclic) bond motifs is 6. The first-order valence-corrected chi connectivity index (χ1v) is 10.2. The molecule has 0 spiro atoms. The van der Waals surface area contributed by atoms with Crippen LogP contribution in [0, 0.1) is 0 Å². The van der Waals surface area contributed by atoms with Gasteiger partial charge in [0.15, 0.2) is 11.5 Å². The van der Waals surface area contributed by atoms with Crippen LogP contribution in [0.15, 0.2) is 35.5 Å². The third-order valence-corrected chi connectivity index (χ3v) is 5.84. The quantitative estimate of drug-likeness (QED) is 0.690. The van der Waals surface area contributed by atoms with Gasteiger partial charge in [-0.3, -0.25) is 0 Å². The molecule has 7 nitrogen and oxygen atoms in total. The van der Waals surface area contributed by atoms with E-state index in [0.29, 0.717) is 18.1 Å². The van der Waals surface area contributed by atoms with Crippen molar-refractivity contribution in [3.63, 3.8) is 0 Å². The monoisotopic (exact) mass is 423 g/mol. The Morgan fingerprint density at radius 2 is 1.81 bits per heavy atom. The van der Waals surface area contributed by atoms with E-state index in [2.05, 4.69) is 5.16 Å². The SMILES string of the molecule is CON=C1c2ccc3c(c2O[C@@H]2COc4cc(OC)c(OC)cc4[C@@H]12)C=CC(C)(C)O3. The fourth-order valence-corrected chi connectivity index (χ4v) is 4.42. The highest BCUT2D eigenvalue weighted by atomic mass is 16.6. The van der Waals surface area contributed by atoms with Gasteiger partial charge in [0, 0.05) is 17.2 Å². The van der Waals surface area contributed by atoms with Crippen LogP contribution < -0.4 is 23.7 Å². The minimum atomic E-state index is -0.371. The zero-order chi connectivity index (χ0) is 21.8. The van der Waals surface area contributed by atoms with Gasteiger partial charge in [0.25, 0.3) is 0 Å². The molecule has 0 amide bonds. The second-order valence-corrected chi connectivity index (χ2v) is 8.24. The molecule has 0 radical (unpaired) electrons. The standard InChI is InChI=1S/C24H25NO6/c1-24(2)9-8-13-16(31-24)7-6-14-22(25-28-5)21-15-10-18(26-3)19(27-4)11-17(15)29-12-20(21)30-23(13)14/h6-11,20-21H,12H2,1-5H3/t20-,21-/m1/s1. The summed E-state index contributed by atoms with van der Waals surface area (Å²) in [6.45, 7) is 4.41. The van der Waals surface area contributed by atoms with Gasteiger partial charge in [-0.05, 0) is 44.2 Å². The maximum atomic E-state index is 6.50. The smallest absolute Gasteiger partial charge is 0.164 e. The normalized spacial score (nSPS) is 23.2. The van der Waals surface area contributed by atoms with Gasteiger partial charge < -0.3 is 28.5 Å². The second-order valence-electron chi connectivity index (χ2n) is 8.24. The largest absolute Gasteiger partial charge is 0.493 e. The number of benzene rings is 2. The van der Waals surface area contributed by atoms with Crippen molar-refractivity contribution in [3.05, 3.63) is 47.0 Å². The first-order chi connectivity index (χ1) is 15.0. The first-order valence-electron chi connectivity index (χ1n) is 10.2. The van der Waals surface area contributed by atoms with Crippen molar-refractivity contribution in [1.82, 2.24) is 0 Å². The van der Waals surface area contributed by atoms with E-state index in [0.717, 1.165) is 39.7 Å². The Hall–Kier alpha value is -3.35. The topological polar surface area (TPSA) is 67.7 Å². The molecule has 7 heteroatoms. The zero-order valence-corrected chi connectivity index (χ0v) is 18.2. The molecule has 3 aliphatic heterocycles. The summed E-state index contributed by atoms with van der Waals surface area (Å²) in [7, 11) is 4.77. The molecule has 5 rings (SSSR count). The molecule has 3 heterocycles. The van der Waals surface area contributed by atoms with Crippen LogP contribution >= 0.6 is 0 Å². The Kier molecular flexibility index (Phi) is 4.50. The van der Waals surface area contributed by atoms with E-state index in [-0.39, 0.29) is 17.6 Å². The minimum absolute atomic E-state index is 0.181. The Labute approximate surface area is 181 Å². The number of oxime groups is 1. The summed E-state index contributed by atoms with van der Waals surface area (Å²) in [4.78, 5) is 5.27. The predicted molar refractivity (Wildman–Crippen MR) is 116 cm³/mol. The van der Waals surface area contributed by atoms with Crippen molar-refractivity contribution in [2.75, 3.05) is 27.9 Å². The van der Waals surface area contributed by atoms with Crippen LogP contribution in [-0.4, -0.2) is 45.4 Å². The van der Waals surface area contributed by atoms with Gasteiger partial charge in [0.2, 0.25) is 0 Å². The second kappa shape index (κ2) is 7.11. The summed E-state index contributed by atoms with van der Waals surface area (Å²) in [5.41, 5.74) is 3.10. The third-order valence-electron chi connectivity index (χ3n) is 5.84. The highest BCUT2D eigenvalue weighted by Crippen LogP contribution is 2.49. The van der Waals surface area contributed by atoms with E-state index in [9.17, 15) is 0 Å². The molecule has 0 fully saturated rings. The van der Waals surface area contributed by atoms with Crippen LogP contribution in [0.5, 0.6) is 28.7 Å². The molecule has 162 valence electrons. The van der Waals surface area contributed by atoms with Crippen molar-refractivity contribution in [2.24, 2.45) is 5.16 Å². The fraction of sp³-hybridized carbons (Fsp3) is 0.375. The van der Waals surface area contributed by atoms with Crippen molar-refractivity contribution in [1.29, 1.82) is 0 Å². The number of hydrogen-bond donors (Lipinski definition) is 0. The van der Waals surface area contributed by atoms with Crippen molar-refractivity contribution in [2.45, 2.75) is 31.5 Å². The number of methoxy groups -OCH3 is 2. The summed E-state index contributed by atoms with van der Waals surface area (Å²) in [6, 6.07) is 7.71. The lowest BCUT2D eigenvalue weighted by Crippen LogP contribution is -2.43. The lowest BCUT2D eigenvalue weighted by Gasteiger charge is -2.40. The molecule has 0 aliphatic carbocycles. The third kappa shape index (κ3) is 3.07. The lowest BCUT2D eigenvalue weighted by atomic mass is 9.80. The van der Waals surface area contributed by atoms with Gasteiger partial charge in [-0.2, -0.15) is 0 Å². The molecule has 2 atom stereocenters. The van der Waals surface area contributed by atoms with Gasteiger partial charge >= 0.3 is 0 Å². The molecule has 0 saturated heterocycles. The highest BCUT2D eigenvalue weighted by Gasteiger charge is 2.44. The average Bonchev–Trinajstić information content (AvgIpc) is 2.76. The summed E-state index contributed by atoms with van der Waals surface area (Å²) < 4.78 is 29.6. The minimum Gasteiger partial charge on any atom is -0.493 e. The molecule has 0 unspecified atom stereocenters. The van der Waals surface area contributed by atoms with Gasteiger partial charge in [0.05, 0.1) is 25.7 Å². The van der Waals surface area contributed by atoms with E-state index in [4.69, 9.17) is 28.5 Å². The Morgan fingerprint density at radius 1 is 1.03 bits per heavy atom. The van der Waals surface area contributed by atoms with Crippen molar-refractivity contribution in [3.8, 4) is 28.7 Å². The molecule has 2 aromatic rings. The number of ether oxygens (including phenoxy) is 5. The lowest BCUT2D eigenvalue weighted by molar-refractivity contribution is 0.0941. The van der Waals surface area contributed by atoms with E-state index >= 15 is 0 Å². The Balaban J connectivity index is 1.67. The summed E-state index contributed by atoms with van der Waals surface area (Å²) in [5, 5.41) is 4.43. The van der Waals surface area contributed by atoms with E-state index in [1.54, 1.807) is 21.3 Å². The van der Waals surface area contributed by atoms with E-state index in [1.165, 1.54) is 0 Å². The molecule has 0 saturated carbocycles. The van der Waals surface area contributed by atoms with Crippen molar-refractivity contribution < 1.29 is 28.5 Å². The van der Waals surface area contributed by atoms with Crippen LogP contribution in [0.25, 0.3) is 6.08 Å². The maximum Gasteiger partial charge on any atom is 0.164 e. The Morgan fingerprint density at radius 3 is 2.55 bits per heavy atom. The summed E-state index contributed by atoms with van der Waals surface area (Å²) in [6.07, 6.45) is 3.80. The average molecular weight is 423 g/mol.